The predicted octanol–water partition coefficient (Wildman–Crippen LogP) is 3.85. The molecule has 0 spiro atoms. The SMILES string of the molecule is COc1ccc(C#Cc2cnc3c(c2)C(=O)N([C@H](C)CO)C[C@H](C)[C@H](CN(C)Cc2ccccc2)O3)cc1OC. The standard InChI is InChI=1S/C32H37N3O5/c1-22-18-35(23(2)21-36)32(37)27-15-26(12-11-24-13-14-28(38-4)29(16-24)39-5)17-33-31(27)40-30(22)20-34(3)19-25-9-7-6-8-10-25/h6-10,13-17,22-23,30,36H,18-21H2,1-5H3/t22-,23+,30-/m0/s1. The molecule has 3 atom stereocenters. The molecule has 0 saturated carbocycles. The number of aliphatic hydroxyl groups is 1. The molecule has 1 aliphatic heterocycles. The van der Waals surface area contributed by atoms with Crippen molar-refractivity contribution < 1.29 is 24.1 Å². The Kier molecular flexibility index (Phi) is 9.65. The van der Waals surface area contributed by atoms with Crippen LogP contribution in [-0.4, -0.2) is 78.9 Å². The maximum absolute atomic E-state index is 13.7. The topological polar surface area (TPSA) is 84.4 Å². The number of benzene rings is 2. The molecule has 1 aromatic heterocycles. The second-order valence-corrected chi connectivity index (χ2v) is 10.2. The molecule has 1 aliphatic rings. The Bertz CT molecular complexity index is 1370. The molecule has 1 N–H and O–H groups in total. The highest BCUT2D eigenvalue weighted by Crippen LogP contribution is 2.29. The number of pyridine rings is 1. The smallest absolute Gasteiger partial charge is 0.259 e. The van der Waals surface area contributed by atoms with E-state index in [1.54, 1.807) is 43.5 Å². The van der Waals surface area contributed by atoms with E-state index in [4.69, 9.17) is 14.2 Å². The van der Waals surface area contributed by atoms with Crippen LogP contribution >= 0.6 is 0 Å². The van der Waals surface area contributed by atoms with Crippen LogP contribution in [0.15, 0.2) is 60.8 Å². The maximum Gasteiger partial charge on any atom is 0.259 e. The summed E-state index contributed by atoms with van der Waals surface area (Å²) in [4.78, 5) is 22.2. The average molecular weight is 544 g/mol. The fourth-order valence-electron chi connectivity index (χ4n) is 4.71. The van der Waals surface area contributed by atoms with Gasteiger partial charge < -0.3 is 24.2 Å². The van der Waals surface area contributed by atoms with Gasteiger partial charge in [0.25, 0.3) is 5.91 Å². The fourth-order valence-corrected chi connectivity index (χ4v) is 4.71. The van der Waals surface area contributed by atoms with Crippen molar-refractivity contribution in [3.05, 3.63) is 83.0 Å². The van der Waals surface area contributed by atoms with Crippen LogP contribution in [0.1, 0.15) is 40.9 Å². The third-order valence-electron chi connectivity index (χ3n) is 7.04. The zero-order valence-corrected chi connectivity index (χ0v) is 23.8. The normalized spacial score (nSPS) is 17.6. The van der Waals surface area contributed by atoms with Gasteiger partial charge in [0.1, 0.15) is 11.7 Å². The van der Waals surface area contributed by atoms with Gasteiger partial charge in [-0.3, -0.25) is 9.69 Å². The summed E-state index contributed by atoms with van der Waals surface area (Å²) in [6, 6.07) is 17.1. The zero-order chi connectivity index (χ0) is 28.6. The molecular weight excluding hydrogens is 506 g/mol. The summed E-state index contributed by atoms with van der Waals surface area (Å²) in [5.74, 6) is 7.47. The molecule has 40 heavy (non-hydrogen) atoms. The van der Waals surface area contributed by atoms with Crippen molar-refractivity contribution in [1.29, 1.82) is 0 Å². The Hall–Kier alpha value is -4.06. The van der Waals surface area contributed by atoms with E-state index in [0.717, 1.165) is 12.1 Å². The van der Waals surface area contributed by atoms with Crippen LogP contribution in [0.4, 0.5) is 0 Å². The zero-order valence-electron chi connectivity index (χ0n) is 23.8. The number of carbonyl (C=O) groups excluding carboxylic acids is 1. The molecule has 4 rings (SSSR count). The van der Waals surface area contributed by atoms with Gasteiger partial charge in [-0.15, -0.1) is 0 Å². The first-order chi connectivity index (χ1) is 19.3. The molecule has 0 radical (unpaired) electrons. The van der Waals surface area contributed by atoms with E-state index in [-0.39, 0.29) is 36.5 Å². The van der Waals surface area contributed by atoms with Crippen molar-refractivity contribution in [3.8, 4) is 29.2 Å². The number of aromatic nitrogens is 1. The van der Waals surface area contributed by atoms with Crippen LogP contribution in [-0.2, 0) is 6.54 Å². The molecule has 0 fully saturated rings. The molecule has 8 heteroatoms. The van der Waals surface area contributed by atoms with E-state index in [2.05, 4.69) is 47.8 Å². The van der Waals surface area contributed by atoms with Crippen molar-refractivity contribution in [3.63, 3.8) is 0 Å². The van der Waals surface area contributed by atoms with Gasteiger partial charge in [-0.2, -0.15) is 0 Å². The number of hydrogen-bond donors (Lipinski definition) is 1. The number of methoxy groups -OCH3 is 2. The maximum atomic E-state index is 13.7. The van der Waals surface area contributed by atoms with Crippen molar-refractivity contribution in [2.75, 3.05) is 41.0 Å². The van der Waals surface area contributed by atoms with Crippen molar-refractivity contribution >= 4 is 5.91 Å². The molecule has 2 aromatic carbocycles. The van der Waals surface area contributed by atoms with Crippen LogP contribution < -0.4 is 14.2 Å². The van der Waals surface area contributed by atoms with Gasteiger partial charge in [0.15, 0.2) is 11.5 Å². The summed E-state index contributed by atoms with van der Waals surface area (Å²) in [7, 11) is 5.22. The first-order valence-corrected chi connectivity index (χ1v) is 13.4. The number of likely N-dealkylation sites (N-methyl/N-ethyl adjacent to an activating group) is 1. The lowest BCUT2D eigenvalue weighted by atomic mass is 9.99. The highest BCUT2D eigenvalue weighted by atomic mass is 16.5. The number of aliphatic hydroxyl groups excluding tert-OH is 1. The third kappa shape index (κ3) is 6.92. The summed E-state index contributed by atoms with van der Waals surface area (Å²) in [6.07, 6.45) is 1.40. The quantitative estimate of drug-likeness (QED) is 0.432. The molecule has 2 heterocycles. The first-order valence-electron chi connectivity index (χ1n) is 13.4. The van der Waals surface area contributed by atoms with Gasteiger partial charge in [0.2, 0.25) is 5.88 Å². The summed E-state index contributed by atoms with van der Waals surface area (Å²) in [5.41, 5.74) is 2.86. The van der Waals surface area contributed by atoms with Crippen LogP contribution in [0.5, 0.6) is 17.4 Å². The highest BCUT2D eigenvalue weighted by molar-refractivity contribution is 5.97. The van der Waals surface area contributed by atoms with Gasteiger partial charge >= 0.3 is 0 Å². The van der Waals surface area contributed by atoms with E-state index in [1.165, 1.54) is 5.56 Å². The van der Waals surface area contributed by atoms with E-state index >= 15 is 0 Å². The summed E-state index contributed by atoms with van der Waals surface area (Å²) >= 11 is 0. The van der Waals surface area contributed by atoms with Gasteiger partial charge in [0, 0.05) is 42.9 Å². The Morgan fingerprint density at radius 1 is 1.10 bits per heavy atom. The van der Waals surface area contributed by atoms with E-state index in [1.807, 2.05) is 31.2 Å². The second kappa shape index (κ2) is 13.3. The summed E-state index contributed by atoms with van der Waals surface area (Å²) in [5, 5.41) is 9.93. The average Bonchev–Trinajstić information content (AvgIpc) is 2.97. The predicted molar refractivity (Wildman–Crippen MR) is 154 cm³/mol. The number of fused-ring (bicyclic) bond motifs is 1. The summed E-state index contributed by atoms with van der Waals surface area (Å²) in [6.45, 7) is 5.64. The monoisotopic (exact) mass is 543 g/mol. The number of ether oxygens (including phenoxy) is 3. The van der Waals surface area contributed by atoms with Gasteiger partial charge in [-0.1, -0.05) is 49.1 Å². The van der Waals surface area contributed by atoms with Crippen molar-refractivity contribution in [2.45, 2.75) is 32.5 Å². The Balaban J connectivity index is 1.63. The highest BCUT2D eigenvalue weighted by Gasteiger charge is 2.34. The van der Waals surface area contributed by atoms with E-state index in [9.17, 15) is 9.90 Å². The van der Waals surface area contributed by atoms with Gasteiger partial charge in [-0.25, -0.2) is 4.98 Å². The van der Waals surface area contributed by atoms with Crippen LogP contribution in [0.3, 0.4) is 0 Å². The van der Waals surface area contributed by atoms with Crippen molar-refractivity contribution in [2.24, 2.45) is 5.92 Å². The van der Waals surface area contributed by atoms with Crippen molar-refractivity contribution in [1.82, 2.24) is 14.8 Å². The van der Waals surface area contributed by atoms with E-state index < -0.39 is 0 Å². The first kappa shape index (κ1) is 28.9. The minimum absolute atomic E-state index is 0.00986. The molecule has 8 nitrogen and oxygen atoms in total. The molecule has 1 amide bonds. The number of hydrogen-bond acceptors (Lipinski definition) is 7. The van der Waals surface area contributed by atoms with Crippen LogP contribution in [0.2, 0.25) is 0 Å². The Labute approximate surface area is 236 Å². The van der Waals surface area contributed by atoms with Gasteiger partial charge in [0.05, 0.1) is 26.9 Å². The Morgan fingerprint density at radius 3 is 2.52 bits per heavy atom. The fraction of sp³-hybridized carbons (Fsp3) is 0.375. The minimum atomic E-state index is -0.356. The lowest BCUT2D eigenvalue weighted by Gasteiger charge is -2.37. The molecule has 210 valence electrons. The van der Waals surface area contributed by atoms with E-state index in [0.29, 0.717) is 35.7 Å². The van der Waals surface area contributed by atoms with Crippen LogP contribution in [0.25, 0.3) is 0 Å². The lowest BCUT2D eigenvalue weighted by Crippen LogP contribution is -2.49. The Morgan fingerprint density at radius 2 is 1.82 bits per heavy atom. The molecule has 3 aromatic rings. The molecule has 0 unspecified atom stereocenters. The minimum Gasteiger partial charge on any atom is -0.493 e. The molecule has 0 saturated heterocycles. The number of amides is 1. The summed E-state index contributed by atoms with van der Waals surface area (Å²) < 4.78 is 17.1. The van der Waals surface area contributed by atoms with Gasteiger partial charge in [-0.05, 0) is 43.8 Å². The third-order valence-corrected chi connectivity index (χ3v) is 7.04. The molecule has 0 aliphatic carbocycles. The number of rotatable bonds is 8. The number of carbonyl (C=O) groups is 1. The lowest BCUT2D eigenvalue weighted by molar-refractivity contribution is 0.0325. The number of nitrogens with zero attached hydrogens (tertiary/aromatic N) is 3. The molecular formula is C32H37N3O5. The van der Waals surface area contributed by atoms with Crippen LogP contribution in [0, 0.1) is 17.8 Å². The molecule has 0 bridgehead atoms. The second-order valence-electron chi connectivity index (χ2n) is 10.2. The largest absolute Gasteiger partial charge is 0.493 e.